The van der Waals surface area contributed by atoms with Gasteiger partial charge in [-0.3, -0.25) is 9.48 Å². The molecule has 0 aromatic carbocycles. The molecule has 0 aliphatic carbocycles. The highest BCUT2D eigenvalue weighted by molar-refractivity contribution is 5.81. The molecule has 0 aliphatic rings. The molecule has 0 fully saturated rings. The summed E-state index contributed by atoms with van der Waals surface area (Å²) in [5.41, 5.74) is 0. The molecule has 1 rings (SSSR count). The van der Waals surface area contributed by atoms with Crippen LogP contribution < -0.4 is 10.6 Å². The van der Waals surface area contributed by atoms with Crippen molar-refractivity contribution in [2.45, 2.75) is 25.9 Å². The number of carbonyl (C=O) groups excluding carboxylic acids is 1. The lowest BCUT2D eigenvalue weighted by atomic mass is 10.3. The van der Waals surface area contributed by atoms with Crippen molar-refractivity contribution in [1.29, 1.82) is 0 Å². The van der Waals surface area contributed by atoms with Crippen LogP contribution in [0.1, 0.15) is 13.3 Å². The Hall–Kier alpha value is -1.69. The van der Waals surface area contributed by atoms with Gasteiger partial charge < -0.3 is 10.6 Å². The van der Waals surface area contributed by atoms with Crippen LogP contribution in [0.4, 0.5) is 0 Å². The number of aryl methyl sites for hydroxylation is 1. The molecule has 1 heterocycles. The van der Waals surface area contributed by atoms with Crippen LogP contribution in [0.5, 0.6) is 0 Å². The van der Waals surface area contributed by atoms with Gasteiger partial charge in [-0.1, -0.05) is 11.3 Å². The minimum atomic E-state index is -0.189. The third-order valence-electron chi connectivity index (χ3n) is 2.30. The van der Waals surface area contributed by atoms with Crippen LogP contribution in [0.2, 0.25) is 0 Å². The van der Waals surface area contributed by atoms with Gasteiger partial charge in [-0.2, -0.15) is 0 Å². The number of amides is 1. The number of aromatic nitrogens is 3. The SMILES string of the molecule is C=CCNC(=O)C(C)NCCCn1ccnn1. The molecule has 1 aromatic heterocycles. The first-order chi connectivity index (χ1) is 8.24. The van der Waals surface area contributed by atoms with Gasteiger partial charge >= 0.3 is 0 Å². The summed E-state index contributed by atoms with van der Waals surface area (Å²) in [6.07, 6.45) is 6.04. The summed E-state index contributed by atoms with van der Waals surface area (Å²) in [5.74, 6) is -0.00865. The number of nitrogens with one attached hydrogen (secondary N) is 2. The number of rotatable bonds is 8. The maximum atomic E-state index is 11.5. The average molecular weight is 237 g/mol. The topological polar surface area (TPSA) is 71.8 Å². The van der Waals surface area contributed by atoms with Gasteiger partial charge in [-0.15, -0.1) is 11.7 Å². The highest BCUT2D eigenvalue weighted by Gasteiger charge is 2.09. The van der Waals surface area contributed by atoms with E-state index in [0.717, 1.165) is 19.5 Å². The summed E-state index contributed by atoms with van der Waals surface area (Å²) < 4.78 is 1.77. The van der Waals surface area contributed by atoms with E-state index >= 15 is 0 Å². The molecule has 1 aromatic rings. The van der Waals surface area contributed by atoms with E-state index in [-0.39, 0.29) is 11.9 Å². The van der Waals surface area contributed by atoms with Crippen molar-refractivity contribution in [3.05, 3.63) is 25.0 Å². The van der Waals surface area contributed by atoms with Crippen LogP contribution in [0.15, 0.2) is 25.0 Å². The molecule has 0 spiro atoms. The van der Waals surface area contributed by atoms with Crippen molar-refractivity contribution in [3.63, 3.8) is 0 Å². The molecule has 17 heavy (non-hydrogen) atoms. The third-order valence-corrected chi connectivity index (χ3v) is 2.30. The van der Waals surface area contributed by atoms with Gasteiger partial charge in [0.25, 0.3) is 0 Å². The molecule has 1 atom stereocenters. The maximum absolute atomic E-state index is 11.5. The summed E-state index contributed by atoms with van der Waals surface area (Å²) in [6.45, 7) is 7.46. The van der Waals surface area contributed by atoms with Gasteiger partial charge in [-0.25, -0.2) is 0 Å². The van der Waals surface area contributed by atoms with Crippen LogP contribution in [0, 0.1) is 0 Å². The zero-order valence-electron chi connectivity index (χ0n) is 10.1. The van der Waals surface area contributed by atoms with Crippen molar-refractivity contribution in [1.82, 2.24) is 25.6 Å². The minimum absolute atomic E-state index is 0.00865. The van der Waals surface area contributed by atoms with E-state index in [1.54, 1.807) is 17.0 Å². The van der Waals surface area contributed by atoms with Gasteiger partial charge in [0.15, 0.2) is 0 Å². The van der Waals surface area contributed by atoms with Crippen LogP contribution in [-0.2, 0) is 11.3 Å². The van der Waals surface area contributed by atoms with E-state index in [9.17, 15) is 4.79 Å². The van der Waals surface area contributed by atoms with E-state index in [2.05, 4.69) is 27.5 Å². The second-order valence-corrected chi connectivity index (χ2v) is 3.73. The van der Waals surface area contributed by atoms with E-state index in [1.165, 1.54) is 0 Å². The summed E-state index contributed by atoms with van der Waals surface area (Å²) in [4.78, 5) is 11.5. The van der Waals surface area contributed by atoms with Gasteiger partial charge in [0, 0.05) is 19.3 Å². The fourth-order valence-electron chi connectivity index (χ4n) is 1.33. The van der Waals surface area contributed by atoms with Crippen LogP contribution >= 0.6 is 0 Å². The first-order valence-corrected chi connectivity index (χ1v) is 5.70. The van der Waals surface area contributed by atoms with E-state index < -0.39 is 0 Å². The van der Waals surface area contributed by atoms with Crippen LogP contribution in [-0.4, -0.2) is 40.0 Å². The van der Waals surface area contributed by atoms with E-state index in [4.69, 9.17) is 0 Å². The second kappa shape index (κ2) is 7.56. The Labute approximate surface area is 101 Å². The van der Waals surface area contributed by atoms with Gasteiger partial charge in [-0.05, 0) is 19.9 Å². The van der Waals surface area contributed by atoms with Gasteiger partial charge in [0.05, 0.1) is 12.2 Å². The molecule has 2 N–H and O–H groups in total. The van der Waals surface area contributed by atoms with E-state index in [1.807, 2.05) is 13.1 Å². The summed E-state index contributed by atoms with van der Waals surface area (Å²) >= 11 is 0. The molecule has 0 bridgehead atoms. The largest absolute Gasteiger partial charge is 0.351 e. The van der Waals surface area contributed by atoms with E-state index in [0.29, 0.717) is 6.54 Å². The molecule has 1 unspecified atom stereocenters. The highest BCUT2D eigenvalue weighted by atomic mass is 16.2. The van der Waals surface area contributed by atoms with Crippen molar-refractivity contribution in [2.24, 2.45) is 0 Å². The predicted octanol–water partition coefficient (Wildman–Crippen LogP) is -0.0515. The van der Waals surface area contributed by atoms with Crippen LogP contribution in [0.25, 0.3) is 0 Å². The van der Waals surface area contributed by atoms with Crippen LogP contribution in [0.3, 0.4) is 0 Å². The number of nitrogens with zero attached hydrogens (tertiary/aromatic N) is 3. The lowest BCUT2D eigenvalue weighted by molar-refractivity contribution is -0.122. The number of carbonyl (C=O) groups is 1. The molecule has 6 heteroatoms. The molecule has 1 amide bonds. The van der Waals surface area contributed by atoms with Crippen molar-refractivity contribution in [3.8, 4) is 0 Å². The minimum Gasteiger partial charge on any atom is -0.351 e. The monoisotopic (exact) mass is 237 g/mol. The first-order valence-electron chi connectivity index (χ1n) is 5.70. The molecular formula is C11H19N5O. The third kappa shape index (κ3) is 5.26. The predicted molar refractivity (Wildman–Crippen MR) is 65.3 cm³/mol. The Balaban J connectivity index is 2.09. The zero-order chi connectivity index (χ0) is 12.5. The number of hydrogen-bond acceptors (Lipinski definition) is 4. The standard InChI is InChI=1S/C11H19N5O/c1-3-5-13-11(17)10(2)12-6-4-8-16-9-7-14-15-16/h3,7,9-10,12H,1,4-6,8H2,2H3,(H,13,17). The van der Waals surface area contributed by atoms with Gasteiger partial charge in [0.2, 0.25) is 5.91 Å². The highest BCUT2D eigenvalue weighted by Crippen LogP contribution is 1.88. The molecule has 0 saturated carbocycles. The van der Waals surface area contributed by atoms with Crippen molar-refractivity contribution in [2.75, 3.05) is 13.1 Å². The zero-order valence-corrected chi connectivity index (χ0v) is 10.1. The lowest BCUT2D eigenvalue weighted by Crippen LogP contribution is -2.42. The molecule has 94 valence electrons. The normalized spacial score (nSPS) is 12.1. The van der Waals surface area contributed by atoms with Crippen molar-refractivity contribution < 1.29 is 4.79 Å². The summed E-state index contributed by atoms with van der Waals surface area (Å²) in [7, 11) is 0. The first kappa shape index (κ1) is 13.4. The second-order valence-electron chi connectivity index (χ2n) is 3.73. The smallest absolute Gasteiger partial charge is 0.237 e. The maximum Gasteiger partial charge on any atom is 0.237 e. The Morgan fingerprint density at radius 2 is 2.47 bits per heavy atom. The molecular weight excluding hydrogens is 218 g/mol. The average Bonchev–Trinajstić information content (AvgIpc) is 2.84. The molecule has 0 radical (unpaired) electrons. The lowest BCUT2D eigenvalue weighted by Gasteiger charge is -2.12. The Kier molecular flexibility index (Phi) is 5.95. The number of hydrogen-bond donors (Lipinski definition) is 2. The van der Waals surface area contributed by atoms with Gasteiger partial charge in [0.1, 0.15) is 0 Å². The fraction of sp³-hybridized carbons (Fsp3) is 0.545. The Bertz CT molecular complexity index is 336. The summed E-state index contributed by atoms with van der Waals surface area (Å²) in [6, 6.07) is -0.189. The Morgan fingerprint density at radius 3 is 3.12 bits per heavy atom. The summed E-state index contributed by atoms with van der Waals surface area (Å²) in [5, 5.41) is 13.5. The molecule has 0 aliphatic heterocycles. The molecule has 6 nitrogen and oxygen atoms in total. The Morgan fingerprint density at radius 1 is 1.65 bits per heavy atom. The fourth-order valence-corrected chi connectivity index (χ4v) is 1.33. The molecule has 0 saturated heterocycles. The van der Waals surface area contributed by atoms with Crippen molar-refractivity contribution >= 4 is 5.91 Å². The quantitative estimate of drug-likeness (QED) is 0.491.